The highest BCUT2D eigenvalue weighted by atomic mass is 32.1. The number of thiophene rings is 1. The third kappa shape index (κ3) is 6.92. The van der Waals surface area contributed by atoms with Gasteiger partial charge in [0, 0.05) is 28.9 Å². The molecule has 1 aromatic rings. The molecule has 0 aromatic carbocycles. The van der Waals surface area contributed by atoms with Crippen LogP contribution in [0.3, 0.4) is 0 Å². The maximum atomic E-state index is 12.1. The van der Waals surface area contributed by atoms with E-state index in [1.807, 2.05) is 39.0 Å². The fourth-order valence-electron chi connectivity index (χ4n) is 2.48. The van der Waals surface area contributed by atoms with Crippen LogP contribution in [0.1, 0.15) is 62.4 Å². The summed E-state index contributed by atoms with van der Waals surface area (Å²) >= 11 is 1.85. The number of rotatable bonds is 7. The highest BCUT2D eigenvalue weighted by molar-refractivity contribution is 7.12. The van der Waals surface area contributed by atoms with E-state index in [1.54, 1.807) is 4.90 Å². The number of hydrogen-bond acceptors (Lipinski definition) is 4. The summed E-state index contributed by atoms with van der Waals surface area (Å²) in [6, 6.07) is 2.60. The number of amides is 1. The number of nitrogens with one attached hydrogen (secondary N) is 1. The van der Waals surface area contributed by atoms with Gasteiger partial charge in [-0.15, -0.1) is 11.3 Å². The Labute approximate surface area is 145 Å². The number of hydrogen-bond donors (Lipinski definition) is 1. The van der Waals surface area contributed by atoms with Gasteiger partial charge in [-0.05, 0) is 73.1 Å². The molecule has 0 bridgehead atoms. The summed E-state index contributed by atoms with van der Waals surface area (Å²) in [5.41, 5.74) is 0.943. The lowest BCUT2D eigenvalue weighted by molar-refractivity contribution is 0.0258. The number of aryl methyl sites for hydroxylation is 2. The van der Waals surface area contributed by atoms with Crippen LogP contribution in [0.15, 0.2) is 6.07 Å². The minimum absolute atomic E-state index is 0.225. The summed E-state index contributed by atoms with van der Waals surface area (Å²) < 4.78 is 5.42. The molecule has 0 aliphatic carbocycles. The van der Waals surface area contributed by atoms with Crippen molar-refractivity contribution in [2.24, 2.45) is 0 Å². The second-order valence-electron chi connectivity index (χ2n) is 6.96. The molecular formula is C18H32N2O2S. The maximum absolute atomic E-state index is 12.1. The Morgan fingerprint density at radius 1 is 1.39 bits per heavy atom. The van der Waals surface area contributed by atoms with Crippen LogP contribution in [0.4, 0.5) is 4.79 Å². The van der Waals surface area contributed by atoms with Gasteiger partial charge in [-0.1, -0.05) is 0 Å². The van der Waals surface area contributed by atoms with Crippen molar-refractivity contribution >= 4 is 17.4 Å². The maximum Gasteiger partial charge on any atom is 0.410 e. The van der Waals surface area contributed by atoms with Crippen molar-refractivity contribution in [3.8, 4) is 0 Å². The van der Waals surface area contributed by atoms with Crippen molar-refractivity contribution < 1.29 is 9.53 Å². The van der Waals surface area contributed by atoms with E-state index in [0.29, 0.717) is 19.1 Å². The summed E-state index contributed by atoms with van der Waals surface area (Å²) in [7, 11) is 0. The molecule has 1 atom stereocenters. The van der Waals surface area contributed by atoms with E-state index in [9.17, 15) is 4.79 Å². The molecule has 1 amide bonds. The van der Waals surface area contributed by atoms with E-state index in [1.165, 1.54) is 15.3 Å². The third-order valence-electron chi connectivity index (χ3n) is 3.63. The Morgan fingerprint density at radius 2 is 2.04 bits per heavy atom. The van der Waals surface area contributed by atoms with Crippen LogP contribution >= 0.6 is 11.3 Å². The Bertz CT molecular complexity index is 506. The molecule has 0 spiro atoms. The summed E-state index contributed by atoms with van der Waals surface area (Å²) in [5.74, 6) is 0. The molecule has 0 saturated heterocycles. The van der Waals surface area contributed by atoms with Crippen LogP contribution in [-0.2, 0) is 4.74 Å². The van der Waals surface area contributed by atoms with Gasteiger partial charge in [0.05, 0.1) is 0 Å². The number of carbonyl (C=O) groups is 1. The van der Waals surface area contributed by atoms with E-state index in [2.05, 4.69) is 32.2 Å². The summed E-state index contributed by atoms with van der Waals surface area (Å²) in [5, 5.41) is 3.55. The smallest absolute Gasteiger partial charge is 0.410 e. The van der Waals surface area contributed by atoms with Crippen molar-refractivity contribution in [2.45, 2.75) is 66.5 Å². The van der Waals surface area contributed by atoms with Gasteiger partial charge in [0.1, 0.15) is 5.60 Å². The number of ether oxygens (including phenoxy) is 1. The fourth-order valence-corrected chi connectivity index (χ4v) is 3.51. The molecule has 1 heterocycles. The number of carbonyl (C=O) groups excluding carboxylic acids is 1. The quantitative estimate of drug-likeness (QED) is 0.734. The normalized spacial score (nSPS) is 13.0. The Balaban J connectivity index is 2.37. The first-order valence-electron chi connectivity index (χ1n) is 8.42. The minimum atomic E-state index is -0.439. The fraction of sp³-hybridized carbons (Fsp3) is 0.722. The average molecular weight is 341 g/mol. The summed E-state index contributed by atoms with van der Waals surface area (Å²) in [6.45, 7) is 16.5. The van der Waals surface area contributed by atoms with Crippen molar-refractivity contribution in [3.63, 3.8) is 0 Å². The van der Waals surface area contributed by atoms with Gasteiger partial charge in [0.25, 0.3) is 0 Å². The van der Waals surface area contributed by atoms with Gasteiger partial charge in [0.2, 0.25) is 0 Å². The van der Waals surface area contributed by atoms with Crippen molar-refractivity contribution in [2.75, 3.05) is 19.6 Å². The van der Waals surface area contributed by atoms with Crippen LogP contribution in [-0.4, -0.2) is 36.2 Å². The molecule has 132 valence electrons. The molecule has 1 N–H and O–H groups in total. The second kappa shape index (κ2) is 8.69. The zero-order valence-corrected chi connectivity index (χ0v) is 16.5. The predicted octanol–water partition coefficient (Wildman–Crippen LogP) is 4.66. The average Bonchev–Trinajstić information content (AvgIpc) is 2.75. The van der Waals surface area contributed by atoms with Crippen molar-refractivity contribution in [1.82, 2.24) is 10.2 Å². The molecule has 1 aromatic heterocycles. The van der Waals surface area contributed by atoms with Gasteiger partial charge in [-0.2, -0.15) is 0 Å². The molecule has 4 nitrogen and oxygen atoms in total. The predicted molar refractivity (Wildman–Crippen MR) is 98.3 cm³/mol. The molecule has 0 aliphatic rings. The third-order valence-corrected chi connectivity index (χ3v) is 4.62. The van der Waals surface area contributed by atoms with Gasteiger partial charge in [-0.3, -0.25) is 0 Å². The molecule has 23 heavy (non-hydrogen) atoms. The summed E-state index contributed by atoms with van der Waals surface area (Å²) in [4.78, 5) is 16.6. The van der Waals surface area contributed by atoms with Gasteiger partial charge in [-0.25, -0.2) is 4.79 Å². The zero-order chi connectivity index (χ0) is 17.6. The first-order valence-corrected chi connectivity index (χ1v) is 9.24. The molecule has 0 aliphatic heterocycles. The first-order chi connectivity index (χ1) is 10.6. The van der Waals surface area contributed by atoms with Gasteiger partial charge < -0.3 is 15.0 Å². The van der Waals surface area contributed by atoms with E-state index in [0.717, 1.165) is 13.0 Å². The Hall–Kier alpha value is -1.07. The zero-order valence-electron chi connectivity index (χ0n) is 15.7. The molecular weight excluding hydrogens is 308 g/mol. The lowest BCUT2D eigenvalue weighted by Crippen LogP contribution is -2.38. The number of nitrogens with zero attached hydrogens (tertiary/aromatic N) is 1. The standard InChI is InChI=1S/C18H32N2O2S/c1-8-20(17(21)22-18(5,6)7)11-9-10-19-14(3)16-12-13(2)23-15(16)4/h12,14,19H,8-11H2,1-7H3. The van der Waals surface area contributed by atoms with Crippen LogP contribution < -0.4 is 5.32 Å². The van der Waals surface area contributed by atoms with Crippen molar-refractivity contribution in [3.05, 3.63) is 21.4 Å². The highest BCUT2D eigenvalue weighted by Crippen LogP contribution is 2.25. The van der Waals surface area contributed by atoms with E-state index >= 15 is 0 Å². The molecule has 5 heteroatoms. The lowest BCUT2D eigenvalue weighted by Gasteiger charge is -2.26. The van der Waals surface area contributed by atoms with E-state index < -0.39 is 5.60 Å². The molecule has 0 saturated carbocycles. The van der Waals surface area contributed by atoms with Crippen LogP contribution in [0, 0.1) is 13.8 Å². The van der Waals surface area contributed by atoms with Gasteiger partial charge >= 0.3 is 6.09 Å². The van der Waals surface area contributed by atoms with Crippen molar-refractivity contribution in [1.29, 1.82) is 0 Å². The minimum Gasteiger partial charge on any atom is -0.444 e. The van der Waals surface area contributed by atoms with E-state index in [-0.39, 0.29) is 6.09 Å². The largest absolute Gasteiger partial charge is 0.444 e. The monoisotopic (exact) mass is 340 g/mol. The summed E-state index contributed by atoms with van der Waals surface area (Å²) in [6.07, 6.45) is 0.692. The van der Waals surface area contributed by atoms with E-state index in [4.69, 9.17) is 4.74 Å². The second-order valence-corrected chi connectivity index (χ2v) is 8.42. The Morgan fingerprint density at radius 3 is 2.52 bits per heavy atom. The van der Waals surface area contributed by atoms with Crippen LogP contribution in [0.5, 0.6) is 0 Å². The molecule has 1 unspecified atom stereocenters. The van der Waals surface area contributed by atoms with Gasteiger partial charge in [0.15, 0.2) is 0 Å². The molecule has 0 fully saturated rings. The topological polar surface area (TPSA) is 41.6 Å². The molecule has 1 rings (SSSR count). The first kappa shape index (κ1) is 20.0. The molecule has 0 radical (unpaired) electrons. The highest BCUT2D eigenvalue weighted by Gasteiger charge is 2.20. The SMILES string of the molecule is CCN(CCCNC(C)c1cc(C)sc1C)C(=O)OC(C)(C)C. The van der Waals surface area contributed by atoms with Crippen LogP contribution in [0.25, 0.3) is 0 Å². The Kier molecular flexibility index (Phi) is 7.55. The lowest BCUT2D eigenvalue weighted by atomic mass is 10.1. The van der Waals surface area contributed by atoms with Crippen LogP contribution in [0.2, 0.25) is 0 Å².